The lowest BCUT2D eigenvalue weighted by atomic mass is 10.0. The normalized spacial score (nSPS) is 11.5. The van der Waals surface area contributed by atoms with Crippen LogP contribution >= 0.6 is 0 Å². The van der Waals surface area contributed by atoms with E-state index in [0.29, 0.717) is 18.5 Å². The molecule has 0 aliphatic rings. The molecule has 3 rings (SSSR count). The van der Waals surface area contributed by atoms with Crippen LogP contribution in [-0.4, -0.2) is 44.8 Å². The first-order valence-electron chi connectivity index (χ1n) is 10.4. The van der Waals surface area contributed by atoms with Gasteiger partial charge >= 0.3 is 0 Å². The molecule has 8 nitrogen and oxygen atoms in total. The number of phenolic OH excluding ortho intramolecular Hbond substituents is 4. The van der Waals surface area contributed by atoms with Gasteiger partial charge in [-0.1, -0.05) is 24.3 Å². The topological polar surface area (TPSA) is 139 Å². The Bertz CT molecular complexity index is 1160. The SMILES string of the molecule is Cc1cc(CCNC(=O)C(Cc2cccc(O)c2)NC(=O)c2ccc(O)c(O)c2)ccc1O. The van der Waals surface area contributed by atoms with Crippen molar-refractivity contribution in [3.05, 3.63) is 82.9 Å². The molecule has 33 heavy (non-hydrogen) atoms. The molecule has 3 aromatic rings. The highest BCUT2D eigenvalue weighted by Crippen LogP contribution is 2.25. The number of phenols is 4. The maximum atomic E-state index is 12.9. The monoisotopic (exact) mass is 450 g/mol. The zero-order valence-electron chi connectivity index (χ0n) is 18.1. The lowest BCUT2D eigenvalue weighted by Crippen LogP contribution is -2.48. The average Bonchev–Trinajstić information content (AvgIpc) is 2.77. The van der Waals surface area contributed by atoms with Gasteiger partial charge in [0.05, 0.1) is 0 Å². The highest BCUT2D eigenvalue weighted by molar-refractivity contribution is 5.98. The van der Waals surface area contributed by atoms with Gasteiger partial charge in [0.25, 0.3) is 5.91 Å². The zero-order valence-corrected chi connectivity index (χ0v) is 18.1. The first-order chi connectivity index (χ1) is 15.7. The van der Waals surface area contributed by atoms with Crippen LogP contribution in [0.2, 0.25) is 0 Å². The molecule has 0 aliphatic heterocycles. The number of carbonyl (C=O) groups excluding carboxylic acids is 2. The van der Waals surface area contributed by atoms with Gasteiger partial charge in [-0.15, -0.1) is 0 Å². The van der Waals surface area contributed by atoms with Crippen LogP contribution in [0.5, 0.6) is 23.0 Å². The molecule has 1 atom stereocenters. The third-order valence-corrected chi connectivity index (χ3v) is 5.18. The van der Waals surface area contributed by atoms with E-state index in [1.165, 1.54) is 24.3 Å². The lowest BCUT2D eigenvalue weighted by Gasteiger charge is -2.19. The first kappa shape index (κ1) is 23.5. The number of hydrogen-bond acceptors (Lipinski definition) is 6. The van der Waals surface area contributed by atoms with Gasteiger partial charge in [0, 0.05) is 18.5 Å². The molecule has 0 saturated carbocycles. The third kappa shape index (κ3) is 6.39. The number of aryl methyl sites for hydroxylation is 1. The summed E-state index contributed by atoms with van der Waals surface area (Å²) in [5.41, 5.74) is 2.42. The van der Waals surface area contributed by atoms with Crippen LogP contribution in [0.3, 0.4) is 0 Å². The van der Waals surface area contributed by atoms with Gasteiger partial charge in [-0.2, -0.15) is 0 Å². The average molecular weight is 450 g/mol. The van der Waals surface area contributed by atoms with E-state index in [1.54, 1.807) is 31.2 Å². The fraction of sp³-hybridized carbons (Fsp3) is 0.200. The van der Waals surface area contributed by atoms with Crippen LogP contribution in [0.1, 0.15) is 27.0 Å². The predicted molar refractivity (Wildman–Crippen MR) is 122 cm³/mol. The van der Waals surface area contributed by atoms with E-state index < -0.39 is 23.6 Å². The number of carbonyl (C=O) groups is 2. The molecule has 8 heteroatoms. The molecule has 0 heterocycles. The second kappa shape index (κ2) is 10.4. The van der Waals surface area contributed by atoms with Crippen molar-refractivity contribution in [2.24, 2.45) is 0 Å². The number of hydrogen-bond donors (Lipinski definition) is 6. The van der Waals surface area contributed by atoms with Gasteiger partial charge in [-0.25, -0.2) is 0 Å². The van der Waals surface area contributed by atoms with E-state index in [9.17, 15) is 30.0 Å². The number of benzene rings is 3. The van der Waals surface area contributed by atoms with Crippen molar-refractivity contribution in [1.82, 2.24) is 10.6 Å². The van der Waals surface area contributed by atoms with Crippen LogP contribution in [0, 0.1) is 6.92 Å². The fourth-order valence-corrected chi connectivity index (χ4v) is 3.36. The number of aromatic hydroxyl groups is 4. The predicted octanol–water partition coefficient (Wildman–Crippen LogP) is 2.52. The minimum absolute atomic E-state index is 0.0455. The molecule has 0 fully saturated rings. The van der Waals surface area contributed by atoms with E-state index in [4.69, 9.17) is 0 Å². The van der Waals surface area contributed by atoms with Crippen molar-refractivity contribution in [1.29, 1.82) is 0 Å². The summed E-state index contributed by atoms with van der Waals surface area (Å²) in [4.78, 5) is 25.6. The van der Waals surface area contributed by atoms with Crippen molar-refractivity contribution in [3.8, 4) is 23.0 Å². The molecule has 6 N–H and O–H groups in total. The summed E-state index contributed by atoms with van der Waals surface area (Å²) < 4.78 is 0. The Morgan fingerprint density at radius 1 is 0.848 bits per heavy atom. The molecule has 3 aromatic carbocycles. The van der Waals surface area contributed by atoms with Gasteiger partial charge in [0.2, 0.25) is 5.91 Å². The Hall–Kier alpha value is -4.20. The molecule has 0 saturated heterocycles. The minimum Gasteiger partial charge on any atom is -0.508 e. The van der Waals surface area contributed by atoms with Crippen LogP contribution in [0.25, 0.3) is 0 Å². The quantitative estimate of drug-likeness (QED) is 0.292. The summed E-state index contributed by atoms with van der Waals surface area (Å²) in [6, 6.07) is 14.3. The molecule has 0 aromatic heterocycles. The van der Waals surface area contributed by atoms with Gasteiger partial charge in [0.15, 0.2) is 11.5 Å². The summed E-state index contributed by atoms with van der Waals surface area (Å²) in [5.74, 6) is -1.56. The molecular formula is C25H26N2O6. The maximum absolute atomic E-state index is 12.9. The Balaban J connectivity index is 1.70. The van der Waals surface area contributed by atoms with Crippen molar-refractivity contribution in [2.75, 3.05) is 6.54 Å². The second-order valence-electron chi connectivity index (χ2n) is 7.77. The standard InChI is InChI=1S/C25H26N2O6/c1-15-11-16(5-7-21(15)29)9-10-26-25(33)20(13-17-3-2-4-19(28)12-17)27-24(32)18-6-8-22(30)23(31)14-18/h2-8,11-12,14,20,28-31H,9-10,13H2,1H3,(H,26,33)(H,27,32). The summed E-state index contributed by atoms with van der Waals surface area (Å²) in [5, 5.41) is 44.0. The molecule has 0 aliphatic carbocycles. The molecule has 0 radical (unpaired) electrons. The Morgan fingerprint density at radius 2 is 1.61 bits per heavy atom. The van der Waals surface area contributed by atoms with Gasteiger partial charge < -0.3 is 31.1 Å². The van der Waals surface area contributed by atoms with E-state index in [-0.39, 0.29) is 29.2 Å². The number of nitrogens with one attached hydrogen (secondary N) is 2. The van der Waals surface area contributed by atoms with E-state index >= 15 is 0 Å². The maximum Gasteiger partial charge on any atom is 0.252 e. The summed E-state index contributed by atoms with van der Waals surface area (Å²) in [6.45, 7) is 2.11. The van der Waals surface area contributed by atoms with Crippen molar-refractivity contribution >= 4 is 11.8 Å². The Labute approximate surface area is 191 Å². The fourth-order valence-electron chi connectivity index (χ4n) is 3.36. The van der Waals surface area contributed by atoms with Gasteiger partial charge in [-0.3, -0.25) is 9.59 Å². The zero-order chi connectivity index (χ0) is 24.0. The molecule has 0 bridgehead atoms. The highest BCUT2D eigenvalue weighted by atomic mass is 16.3. The highest BCUT2D eigenvalue weighted by Gasteiger charge is 2.22. The summed E-state index contributed by atoms with van der Waals surface area (Å²) in [7, 11) is 0. The first-order valence-corrected chi connectivity index (χ1v) is 10.4. The smallest absolute Gasteiger partial charge is 0.252 e. The largest absolute Gasteiger partial charge is 0.508 e. The molecular weight excluding hydrogens is 424 g/mol. The van der Waals surface area contributed by atoms with Crippen LogP contribution in [0.15, 0.2) is 60.7 Å². The van der Waals surface area contributed by atoms with Crippen LogP contribution in [0.4, 0.5) is 0 Å². The van der Waals surface area contributed by atoms with Crippen molar-refractivity contribution in [3.63, 3.8) is 0 Å². The summed E-state index contributed by atoms with van der Waals surface area (Å²) >= 11 is 0. The number of rotatable bonds is 8. The molecule has 2 amide bonds. The van der Waals surface area contributed by atoms with Crippen LogP contribution in [-0.2, 0) is 17.6 Å². The third-order valence-electron chi connectivity index (χ3n) is 5.18. The Kier molecular flexibility index (Phi) is 7.40. The van der Waals surface area contributed by atoms with Crippen molar-refractivity contribution in [2.45, 2.75) is 25.8 Å². The molecule has 172 valence electrons. The minimum atomic E-state index is -0.947. The van der Waals surface area contributed by atoms with Gasteiger partial charge in [0.1, 0.15) is 17.5 Å². The van der Waals surface area contributed by atoms with E-state index in [1.807, 2.05) is 6.07 Å². The van der Waals surface area contributed by atoms with E-state index in [2.05, 4.69) is 10.6 Å². The van der Waals surface area contributed by atoms with Crippen LogP contribution < -0.4 is 10.6 Å². The van der Waals surface area contributed by atoms with Gasteiger partial charge in [-0.05, 0) is 66.4 Å². The number of amides is 2. The van der Waals surface area contributed by atoms with E-state index in [0.717, 1.165) is 17.2 Å². The van der Waals surface area contributed by atoms with Crippen molar-refractivity contribution < 1.29 is 30.0 Å². The second-order valence-corrected chi connectivity index (χ2v) is 7.77. The Morgan fingerprint density at radius 3 is 2.30 bits per heavy atom. The molecule has 0 spiro atoms. The lowest BCUT2D eigenvalue weighted by molar-refractivity contribution is -0.122. The summed E-state index contributed by atoms with van der Waals surface area (Å²) in [6.07, 6.45) is 0.667. The molecule has 1 unspecified atom stereocenters.